The van der Waals surface area contributed by atoms with Crippen LogP contribution in [0.4, 0.5) is 0 Å². The number of hydrogen-bond donors (Lipinski definition) is 3. The van der Waals surface area contributed by atoms with Crippen LogP contribution in [0.3, 0.4) is 0 Å². The quantitative estimate of drug-likeness (QED) is 0.676. The number of hydrogen-bond acceptors (Lipinski definition) is 3. The van der Waals surface area contributed by atoms with Gasteiger partial charge < -0.3 is 16.4 Å². The van der Waals surface area contributed by atoms with Crippen molar-refractivity contribution in [2.24, 2.45) is 11.7 Å². The summed E-state index contributed by atoms with van der Waals surface area (Å²) in [5.41, 5.74) is 5.63. The van der Waals surface area contributed by atoms with Crippen LogP contribution in [0, 0.1) is 5.92 Å². The number of amides is 2. The van der Waals surface area contributed by atoms with E-state index in [0.717, 1.165) is 19.3 Å². The van der Waals surface area contributed by atoms with Crippen LogP contribution in [0.2, 0.25) is 0 Å². The molecule has 0 spiro atoms. The Morgan fingerprint density at radius 3 is 2.83 bits per heavy atom. The highest BCUT2D eigenvalue weighted by Crippen LogP contribution is 2.33. The van der Waals surface area contributed by atoms with Crippen molar-refractivity contribution in [3.05, 3.63) is 0 Å². The Morgan fingerprint density at radius 2 is 2.28 bits per heavy atom. The molecule has 5 heteroatoms. The fourth-order valence-corrected chi connectivity index (χ4v) is 3.10. The molecule has 1 heterocycles. The SMILES string of the molecule is CC1CCCCC1(CN)NC(=O)[C@@H]1CCC(=O)N1. The van der Waals surface area contributed by atoms with E-state index in [2.05, 4.69) is 17.6 Å². The van der Waals surface area contributed by atoms with E-state index in [4.69, 9.17) is 5.73 Å². The van der Waals surface area contributed by atoms with Crippen LogP contribution >= 0.6 is 0 Å². The highest BCUT2D eigenvalue weighted by atomic mass is 16.2. The summed E-state index contributed by atoms with van der Waals surface area (Å²) in [7, 11) is 0. The summed E-state index contributed by atoms with van der Waals surface area (Å²) < 4.78 is 0. The zero-order valence-electron chi connectivity index (χ0n) is 11.0. The first-order valence-electron chi connectivity index (χ1n) is 6.89. The molecule has 0 radical (unpaired) electrons. The Balaban J connectivity index is 2.01. The van der Waals surface area contributed by atoms with E-state index in [1.54, 1.807) is 0 Å². The minimum absolute atomic E-state index is 0.0337. The summed E-state index contributed by atoms with van der Waals surface area (Å²) in [6, 6.07) is -0.366. The van der Waals surface area contributed by atoms with Gasteiger partial charge in [0.2, 0.25) is 11.8 Å². The first-order valence-corrected chi connectivity index (χ1v) is 6.89. The van der Waals surface area contributed by atoms with Crippen molar-refractivity contribution in [2.75, 3.05) is 6.54 Å². The molecule has 3 atom stereocenters. The van der Waals surface area contributed by atoms with Crippen LogP contribution < -0.4 is 16.4 Å². The Bertz CT molecular complexity index is 345. The van der Waals surface area contributed by atoms with Crippen LogP contribution in [0.5, 0.6) is 0 Å². The zero-order chi connectivity index (χ0) is 13.2. The van der Waals surface area contributed by atoms with E-state index in [9.17, 15) is 9.59 Å². The van der Waals surface area contributed by atoms with E-state index in [1.807, 2.05) is 0 Å². The lowest BCUT2D eigenvalue weighted by atomic mass is 9.73. The molecule has 2 fully saturated rings. The van der Waals surface area contributed by atoms with Gasteiger partial charge in [-0.25, -0.2) is 0 Å². The topological polar surface area (TPSA) is 84.2 Å². The van der Waals surface area contributed by atoms with Crippen LogP contribution in [0.15, 0.2) is 0 Å². The van der Waals surface area contributed by atoms with E-state index in [1.165, 1.54) is 6.42 Å². The number of rotatable bonds is 3. The van der Waals surface area contributed by atoms with Gasteiger partial charge >= 0.3 is 0 Å². The highest BCUT2D eigenvalue weighted by Gasteiger charge is 2.40. The number of carbonyl (C=O) groups is 2. The molecule has 102 valence electrons. The lowest BCUT2D eigenvalue weighted by Crippen LogP contribution is -2.61. The fraction of sp³-hybridized carbons (Fsp3) is 0.846. The zero-order valence-corrected chi connectivity index (χ0v) is 11.0. The predicted octanol–water partition coefficient (Wildman–Crippen LogP) is 0.289. The minimum Gasteiger partial charge on any atom is -0.347 e. The second kappa shape index (κ2) is 5.26. The van der Waals surface area contributed by atoms with Crippen molar-refractivity contribution in [3.8, 4) is 0 Å². The second-order valence-electron chi connectivity index (χ2n) is 5.66. The molecule has 5 nitrogen and oxygen atoms in total. The van der Waals surface area contributed by atoms with Crippen molar-refractivity contribution < 1.29 is 9.59 Å². The lowest BCUT2D eigenvalue weighted by Gasteiger charge is -2.43. The maximum Gasteiger partial charge on any atom is 0.243 e. The Kier molecular flexibility index (Phi) is 3.90. The standard InChI is InChI=1S/C13H23N3O2/c1-9-4-2-3-7-13(9,8-14)16-12(18)10-5-6-11(17)15-10/h9-10H,2-8,14H2,1H3,(H,15,17)(H,16,18)/t9?,10-,13?/m0/s1. The number of nitrogens with one attached hydrogen (secondary N) is 2. The largest absolute Gasteiger partial charge is 0.347 e. The maximum atomic E-state index is 12.2. The van der Waals surface area contributed by atoms with E-state index in [0.29, 0.717) is 25.3 Å². The molecule has 0 aromatic heterocycles. The molecule has 2 amide bonds. The molecule has 1 saturated carbocycles. The molecule has 0 bridgehead atoms. The molecular formula is C13H23N3O2. The van der Waals surface area contributed by atoms with Gasteiger partial charge in [0.15, 0.2) is 0 Å². The molecule has 2 aliphatic rings. The molecule has 1 aliphatic carbocycles. The Morgan fingerprint density at radius 1 is 1.50 bits per heavy atom. The minimum atomic E-state index is -0.366. The molecular weight excluding hydrogens is 230 g/mol. The van der Waals surface area contributed by atoms with E-state index < -0.39 is 0 Å². The van der Waals surface area contributed by atoms with Gasteiger partial charge in [-0.2, -0.15) is 0 Å². The van der Waals surface area contributed by atoms with Gasteiger partial charge in [-0.1, -0.05) is 19.8 Å². The average molecular weight is 253 g/mol. The van der Waals surface area contributed by atoms with Gasteiger partial charge in [0.1, 0.15) is 6.04 Å². The van der Waals surface area contributed by atoms with E-state index in [-0.39, 0.29) is 23.4 Å². The van der Waals surface area contributed by atoms with Crippen molar-refractivity contribution >= 4 is 11.8 Å². The summed E-state index contributed by atoms with van der Waals surface area (Å²) in [6.07, 6.45) is 5.41. The number of carbonyl (C=O) groups excluding carboxylic acids is 2. The van der Waals surface area contributed by atoms with Crippen molar-refractivity contribution in [1.82, 2.24) is 10.6 Å². The first kappa shape index (κ1) is 13.3. The number of nitrogens with two attached hydrogens (primary N) is 1. The third-order valence-corrected chi connectivity index (χ3v) is 4.50. The molecule has 4 N–H and O–H groups in total. The Hall–Kier alpha value is -1.10. The molecule has 0 aromatic rings. The summed E-state index contributed by atoms with van der Waals surface area (Å²) in [5, 5.41) is 5.82. The molecule has 1 aliphatic heterocycles. The van der Waals surface area contributed by atoms with Crippen LogP contribution in [0.25, 0.3) is 0 Å². The summed E-state index contributed by atoms with van der Waals surface area (Å²) in [6.45, 7) is 2.63. The van der Waals surface area contributed by atoms with Gasteiger partial charge in [0.25, 0.3) is 0 Å². The normalized spacial score (nSPS) is 36.2. The molecule has 0 aromatic carbocycles. The van der Waals surface area contributed by atoms with Gasteiger partial charge in [0, 0.05) is 13.0 Å². The lowest BCUT2D eigenvalue weighted by molar-refractivity contribution is -0.128. The third-order valence-electron chi connectivity index (χ3n) is 4.50. The van der Waals surface area contributed by atoms with Crippen molar-refractivity contribution in [2.45, 2.75) is 57.0 Å². The van der Waals surface area contributed by atoms with Crippen molar-refractivity contribution in [1.29, 1.82) is 0 Å². The van der Waals surface area contributed by atoms with Crippen LogP contribution in [-0.2, 0) is 9.59 Å². The molecule has 1 saturated heterocycles. The maximum absolute atomic E-state index is 12.2. The Labute approximate surface area is 108 Å². The van der Waals surface area contributed by atoms with E-state index >= 15 is 0 Å². The summed E-state index contributed by atoms with van der Waals surface area (Å²) in [5.74, 6) is 0.297. The highest BCUT2D eigenvalue weighted by molar-refractivity contribution is 5.91. The second-order valence-corrected chi connectivity index (χ2v) is 5.66. The van der Waals surface area contributed by atoms with Gasteiger partial charge in [0.05, 0.1) is 5.54 Å². The molecule has 2 unspecified atom stereocenters. The monoisotopic (exact) mass is 253 g/mol. The fourth-order valence-electron chi connectivity index (χ4n) is 3.10. The average Bonchev–Trinajstić information content (AvgIpc) is 2.79. The van der Waals surface area contributed by atoms with Crippen LogP contribution in [0.1, 0.15) is 45.4 Å². The van der Waals surface area contributed by atoms with Crippen LogP contribution in [-0.4, -0.2) is 29.9 Å². The van der Waals surface area contributed by atoms with Crippen molar-refractivity contribution in [3.63, 3.8) is 0 Å². The molecule has 18 heavy (non-hydrogen) atoms. The summed E-state index contributed by atoms with van der Waals surface area (Å²) >= 11 is 0. The molecule has 2 rings (SSSR count). The third kappa shape index (κ3) is 2.51. The van der Waals surface area contributed by atoms with Gasteiger partial charge in [-0.15, -0.1) is 0 Å². The predicted molar refractivity (Wildman–Crippen MR) is 68.7 cm³/mol. The van der Waals surface area contributed by atoms with Gasteiger partial charge in [-0.05, 0) is 25.2 Å². The smallest absolute Gasteiger partial charge is 0.243 e. The van der Waals surface area contributed by atoms with Gasteiger partial charge in [-0.3, -0.25) is 9.59 Å². The summed E-state index contributed by atoms with van der Waals surface area (Å²) in [4.78, 5) is 23.3. The first-order chi connectivity index (χ1) is 8.57.